The molecule has 0 aromatic carbocycles. The summed E-state index contributed by atoms with van der Waals surface area (Å²) in [5.74, 6) is 0.202. The molecule has 144 valence electrons. The summed E-state index contributed by atoms with van der Waals surface area (Å²) in [4.78, 5) is 23.7. The quantitative estimate of drug-likeness (QED) is 0.308. The molecular formula is C21H36O4. The first-order valence-corrected chi connectivity index (χ1v) is 9.75. The number of esters is 2. The summed E-state index contributed by atoms with van der Waals surface area (Å²) in [7, 11) is 0. The highest BCUT2D eigenvalue weighted by Gasteiger charge is 2.28. The van der Waals surface area contributed by atoms with E-state index >= 15 is 0 Å². The van der Waals surface area contributed by atoms with Gasteiger partial charge in [-0.25, -0.2) is 4.79 Å². The van der Waals surface area contributed by atoms with Gasteiger partial charge >= 0.3 is 11.9 Å². The Kier molecular flexibility index (Phi) is 9.23. The Morgan fingerprint density at radius 3 is 2.32 bits per heavy atom. The van der Waals surface area contributed by atoms with Gasteiger partial charge in [-0.2, -0.15) is 0 Å². The molecule has 1 saturated carbocycles. The molecule has 4 heteroatoms. The Bertz CT molecular complexity index is 445. The average Bonchev–Trinajstić information content (AvgIpc) is 2.54. The van der Waals surface area contributed by atoms with Gasteiger partial charge in [0.15, 0.2) is 0 Å². The van der Waals surface area contributed by atoms with E-state index in [0.29, 0.717) is 5.57 Å². The summed E-state index contributed by atoms with van der Waals surface area (Å²) in [6.45, 7) is 11.4. The molecule has 0 amide bonds. The minimum Gasteiger partial charge on any atom is -0.462 e. The van der Waals surface area contributed by atoms with Crippen LogP contribution in [0.2, 0.25) is 0 Å². The van der Waals surface area contributed by atoms with Crippen molar-refractivity contribution in [2.75, 3.05) is 6.61 Å². The number of ether oxygens (including phenoxy) is 2. The molecule has 1 fully saturated rings. The highest BCUT2D eigenvalue weighted by atomic mass is 16.5. The number of carbonyl (C=O) groups is 2. The molecule has 0 radical (unpaired) electrons. The summed E-state index contributed by atoms with van der Waals surface area (Å²) >= 11 is 0. The van der Waals surface area contributed by atoms with Gasteiger partial charge in [-0.3, -0.25) is 4.79 Å². The molecule has 0 aliphatic heterocycles. The average molecular weight is 353 g/mol. The third-order valence-electron chi connectivity index (χ3n) is 4.87. The molecular weight excluding hydrogens is 316 g/mol. The lowest BCUT2D eigenvalue weighted by molar-refractivity contribution is -0.156. The SMILES string of the molecule is C=C(C)C(=O)OCC(C)(C)CC(=O)OC1CCC(CCCCC)CC1. The minimum atomic E-state index is -0.431. The maximum Gasteiger partial charge on any atom is 0.333 e. The van der Waals surface area contributed by atoms with Crippen LogP contribution in [0, 0.1) is 11.3 Å². The zero-order chi connectivity index (χ0) is 18.9. The van der Waals surface area contributed by atoms with Crippen molar-refractivity contribution in [1.29, 1.82) is 0 Å². The number of unbranched alkanes of at least 4 members (excludes halogenated alkanes) is 2. The van der Waals surface area contributed by atoms with Gasteiger partial charge in [0, 0.05) is 11.0 Å². The summed E-state index contributed by atoms with van der Waals surface area (Å²) in [5, 5.41) is 0. The van der Waals surface area contributed by atoms with E-state index < -0.39 is 11.4 Å². The van der Waals surface area contributed by atoms with Crippen molar-refractivity contribution in [2.24, 2.45) is 11.3 Å². The van der Waals surface area contributed by atoms with Crippen molar-refractivity contribution >= 4 is 11.9 Å². The van der Waals surface area contributed by atoms with Gasteiger partial charge in [0.2, 0.25) is 0 Å². The van der Waals surface area contributed by atoms with Crippen LogP contribution in [-0.4, -0.2) is 24.6 Å². The Hall–Kier alpha value is -1.32. The van der Waals surface area contributed by atoms with Crippen molar-refractivity contribution in [3.05, 3.63) is 12.2 Å². The van der Waals surface area contributed by atoms with Gasteiger partial charge in [0.25, 0.3) is 0 Å². The van der Waals surface area contributed by atoms with Crippen molar-refractivity contribution in [3.8, 4) is 0 Å². The second-order valence-corrected chi connectivity index (χ2v) is 8.33. The first-order chi connectivity index (χ1) is 11.7. The summed E-state index contributed by atoms with van der Waals surface area (Å²) in [5.41, 5.74) is -0.0615. The van der Waals surface area contributed by atoms with E-state index in [9.17, 15) is 9.59 Å². The molecule has 0 bridgehead atoms. The molecule has 1 rings (SSSR count). The fourth-order valence-electron chi connectivity index (χ4n) is 3.27. The van der Waals surface area contributed by atoms with Crippen LogP contribution in [0.1, 0.15) is 85.5 Å². The van der Waals surface area contributed by atoms with Gasteiger partial charge in [0.1, 0.15) is 6.10 Å². The number of rotatable bonds is 10. The first kappa shape index (κ1) is 21.7. The topological polar surface area (TPSA) is 52.6 Å². The van der Waals surface area contributed by atoms with E-state index in [0.717, 1.165) is 18.8 Å². The zero-order valence-corrected chi connectivity index (χ0v) is 16.6. The smallest absolute Gasteiger partial charge is 0.333 e. The van der Waals surface area contributed by atoms with Crippen molar-refractivity contribution in [3.63, 3.8) is 0 Å². The summed E-state index contributed by atoms with van der Waals surface area (Å²) < 4.78 is 10.8. The predicted molar refractivity (Wildman–Crippen MR) is 100 cm³/mol. The molecule has 1 aliphatic rings. The Balaban J connectivity index is 2.27. The summed E-state index contributed by atoms with van der Waals surface area (Å²) in [6, 6.07) is 0. The third kappa shape index (κ3) is 9.08. The molecule has 0 aromatic rings. The van der Waals surface area contributed by atoms with Gasteiger partial charge in [0.05, 0.1) is 13.0 Å². The minimum absolute atomic E-state index is 0.0590. The van der Waals surface area contributed by atoms with Gasteiger partial charge in [-0.1, -0.05) is 53.0 Å². The molecule has 25 heavy (non-hydrogen) atoms. The van der Waals surface area contributed by atoms with Crippen LogP contribution >= 0.6 is 0 Å². The van der Waals surface area contributed by atoms with E-state index in [1.807, 2.05) is 13.8 Å². The van der Waals surface area contributed by atoms with E-state index in [-0.39, 0.29) is 25.1 Å². The molecule has 4 nitrogen and oxygen atoms in total. The fraction of sp³-hybridized carbons (Fsp3) is 0.810. The zero-order valence-electron chi connectivity index (χ0n) is 16.6. The van der Waals surface area contributed by atoms with Crippen LogP contribution < -0.4 is 0 Å². The molecule has 0 aromatic heterocycles. The van der Waals surface area contributed by atoms with E-state index in [1.165, 1.54) is 38.5 Å². The Morgan fingerprint density at radius 2 is 1.76 bits per heavy atom. The molecule has 1 aliphatic carbocycles. The highest BCUT2D eigenvalue weighted by Crippen LogP contribution is 2.31. The fourth-order valence-corrected chi connectivity index (χ4v) is 3.27. The van der Waals surface area contributed by atoms with Gasteiger partial charge < -0.3 is 9.47 Å². The lowest BCUT2D eigenvalue weighted by atomic mass is 9.84. The number of hydrogen-bond donors (Lipinski definition) is 0. The van der Waals surface area contributed by atoms with Gasteiger partial charge in [-0.05, 0) is 38.5 Å². The van der Waals surface area contributed by atoms with Gasteiger partial charge in [-0.15, -0.1) is 0 Å². The van der Waals surface area contributed by atoms with E-state index in [2.05, 4.69) is 13.5 Å². The van der Waals surface area contributed by atoms with Crippen LogP contribution in [0.3, 0.4) is 0 Å². The lowest BCUT2D eigenvalue weighted by Gasteiger charge is -2.30. The van der Waals surface area contributed by atoms with Crippen LogP contribution in [0.25, 0.3) is 0 Å². The predicted octanol–water partition coefficient (Wildman–Crippen LogP) is 5.20. The van der Waals surface area contributed by atoms with Crippen LogP contribution in [0.5, 0.6) is 0 Å². The van der Waals surface area contributed by atoms with Crippen molar-refractivity contribution < 1.29 is 19.1 Å². The molecule has 0 spiro atoms. The number of hydrogen-bond acceptors (Lipinski definition) is 4. The van der Waals surface area contributed by atoms with E-state index in [1.54, 1.807) is 6.92 Å². The van der Waals surface area contributed by atoms with Crippen LogP contribution in [0.4, 0.5) is 0 Å². The molecule has 0 heterocycles. The lowest BCUT2D eigenvalue weighted by Crippen LogP contribution is -2.30. The highest BCUT2D eigenvalue weighted by molar-refractivity contribution is 5.86. The molecule has 0 N–H and O–H groups in total. The van der Waals surface area contributed by atoms with Crippen LogP contribution in [-0.2, 0) is 19.1 Å². The maximum absolute atomic E-state index is 12.2. The molecule has 0 saturated heterocycles. The third-order valence-corrected chi connectivity index (χ3v) is 4.87. The second kappa shape index (κ2) is 10.6. The van der Waals surface area contributed by atoms with E-state index in [4.69, 9.17) is 9.47 Å². The second-order valence-electron chi connectivity index (χ2n) is 8.33. The standard InChI is InChI=1S/C21H36O4/c1-6-7-8-9-17-10-12-18(13-11-17)25-19(22)14-21(4,5)15-24-20(23)16(2)3/h17-18H,2,6-15H2,1,3-5H3. The maximum atomic E-state index is 12.2. The van der Waals surface area contributed by atoms with Crippen molar-refractivity contribution in [2.45, 2.75) is 91.6 Å². The first-order valence-electron chi connectivity index (χ1n) is 9.75. The van der Waals surface area contributed by atoms with Crippen molar-refractivity contribution in [1.82, 2.24) is 0 Å². The Labute approximate surface area is 153 Å². The molecule has 0 atom stereocenters. The molecule has 0 unspecified atom stereocenters. The largest absolute Gasteiger partial charge is 0.462 e. The monoisotopic (exact) mass is 352 g/mol. The Morgan fingerprint density at radius 1 is 1.12 bits per heavy atom. The van der Waals surface area contributed by atoms with Crippen LogP contribution in [0.15, 0.2) is 12.2 Å². The summed E-state index contributed by atoms with van der Waals surface area (Å²) in [6.07, 6.45) is 9.84. The normalized spacial score (nSPS) is 20.8. The number of carbonyl (C=O) groups excluding carboxylic acids is 2.